The van der Waals surface area contributed by atoms with E-state index in [0.717, 1.165) is 29.5 Å². The minimum atomic E-state index is 0.162. The van der Waals surface area contributed by atoms with Gasteiger partial charge in [0.2, 0.25) is 0 Å². The van der Waals surface area contributed by atoms with E-state index in [1.807, 2.05) is 30.3 Å². The summed E-state index contributed by atoms with van der Waals surface area (Å²) < 4.78 is 5.97. The number of phenolic OH excluding ortho intramolecular Hbond substituents is 1. The smallest absolute Gasteiger partial charge is 0.152 e. The van der Waals surface area contributed by atoms with Gasteiger partial charge >= 0.3 is 0 Å². The lowest BCUT2D eigenvalue weighted by Crippen LogP contribution is -2.03. The number of tetrazole rings is 1. The summed E-state index contributed by atoms with van der Waals surface area (Å²) in [6.45, 7) is 2.48. The average Bonchev–Trinajstić information content (AvgIpc) is 3.10. The van der Waals surface area contributed by atoms with Crippen molar-refractivity contribution >= 4 is 0 Å². The highest BCUT2D eigenvalue weighted by atomic mass is 16.5. The van der Waals surface area contributed by atoms with Crippen molar-refractivity contribution in [1.29, 1.82) is 0 Å². The molecular weight excluding hydrogens is 304 g/mol. The molecule has 0 unspecified atom stereocenters. The van der Waals surface area contributed by atoms with Gasteiger partial charge in [0.05, 0.1) is 0 Å². The van der Waals surface area contributed by atoms with Crippen LogP contribution in [-0.2, 0) is 19.4 Å². The molecule has 1 heterocycles. The van der Waals surface area contributed by atoms with Gasteiger partial charge in [-0.2, -0.15) is 0 Å². The predicted octanol–water partition coefficient (Wildman–Crippen LogP) is 2.83. The second-order valence-corrected chi connectivity index (χ2v) is 5.50. The van der Waals surface area contributed by atoms with Crippen molar-refractivity contribution in [3.63, 3.8) is 0 Å². The van der Waals surface area contributed by atoms with Crippen LogP contribution in [0.25, 0.3) is 0 Å². The van der Waals surface area contributed by atoms with E-state index in [1.165, 1.54) is 0 Å². The molecule has 0 fully saturated rings. The second kappa shape index (κ2) is 7.59. The number of nitrogens with one attached hydrogen (secondary N) is 1. The number of hydrogen-bond acceptors (Lipinski definition) is 5. The lowest BCUT2D eigenvalue weighted by atomic mass is 10.0. The third kappa shape index (κ3) is 3.71. The number of hydrogen-bond donors (Lipinski definition) is 2. The van der Waals surface area contributed by atoms with Crippen LogP contribution in [0.4, 0.5) is 0 Å². The van der Waals surface area contributed by atoms with Crippen LogP contribution in [0.1, 0.15) is 35.9 Å². The molecule has 1 radical (unpaired) electrons. The van der Waals surface area contributed by atoms with Gasteiger partial charge in [-0.05, 0) is 40.1 Å². The minimum absolute atomic E-state index is 0.162. The van der Waals surface area contributed by atoms with Crippen LogP contribution in [0.5, 0.6) is 11.5 Å². The van der Waals surface area contributed by atoms with E-state index in [0.29, 0.717) is 24.6 Å². The largest absolute Gasteiger partial charge is 0.507 e. The Morgan fingerprint density at radius 1 is 1.21 bits per heavy atom. The zero-order valence-electron chi connectivity index (χ0n) is 13.5. The molecule has 123 valence electrons. The third-order valence-corrected chi connectivity index (χ3v) is 3.79. The van der Waals surface area contributed by atoms with E-state index in [1.54, 1.807) is 6.07 Å². The van der Waals surface area contributed by atoms with Gasteiger partial charge in [-0.1, -0.05) is 37.6 Å². The van der Waals surface area contributed by atoms with E-state index in [9.17, 15) is 5.11 Å². The number of ether oxygens (including phenoxy) is 1. The molecule has 0 aliphatic heterocycles. The Balaban J connectivity index is 1.77. The molecule has 3 rings (SSSR count). The topological polar surface area (TPSA) is 83.9 Å². The molecule has 0 aliphatic carbocycles. The SMILES string of the molecule is CCCc1c(O)[c]ccc1OCc1ccccc1Cc1nnn[nH]1. The third-order valence-electron chi connectivity index (χ3n) is 3.79. The molecule has 0 amide bonds. The monoisotopic (exact) mass is 323 g/mol. The van der Waals surface area contributed by atoms with Crippen LogP contribution in [0.3, 0.4) is 0 Å². The van der Waals surface area contributed by atoms with Crippen LogP contribution in [0.15, 0.2) is 36.4 Å². The van der Waals surface area contributed by atoms with Gasteiger partial charge in [-0.25, -0.2) is 5.10 Å². The number of H-pyrrole nitrogens is 1. The van der Waals surface area contributed by atoms with Gasteiger partial charge in [-0.15, -0.1) is 5.10 Å². The van der Waals surface area contributed by atoms with Crippen molar-refractivity contribution in [3.8, 4) is 11.5 Å². The zero-order chi connectivity index (χ0) is 16.8. The van der Waals surface area contributed by atoms with Crippen LogP contribution in [-0.4, -0.2) is 25.7 Å². The first-order valence-corrected chi connectivity index (χ1v) is 7.92. The summed E-state index contributed by atoms with van der Waals surface area (Å²) >= 11 is 0. The maximum absolute atomic E-state index is 9.98. The summed E-state index contributed by atoms with van der Waals surface area (Å²) in [5, 5.41) is 23.9. The van der Waals surface area contributed by atoms with E-state index in [2.05, 4.69) is 33.6 Å². The van der Waals surface area contributed by atoms with Crippen LogP contribution < -0.4 is 4.74 Å². The Labute approximate surface area is 140 Å². The molecule has 0 bridgehead atoms. The van der Waals surface area contributed by atoms with Crippen LogP contribution >= 0.6 is 0 Å². The molecule has 2 N–H and O–H groups in total. The Hall–Kier alpha value is -2.89. The molecule has 0 saturated carbocycles. The standard InChI is InChI=1S/C18H19N4O2/c1-2-6-15-16(23)9-5-10-17(15)24-12-14-8-4-3-7-13(14)11-18-19-21-22-20-18/h3-5,7-8,10,23H,2,6,11-12H2,1H3,(H,19,20,21,22). The number of phenols is 1. The molecule has 0 saturated heterocycles. The van der Waals surface area contributed by atoms with Crippen LogP contribution in [0, 0.1) is 6.07 Å². The lowest BCUT2D eigenvalue weighted by Gasteiger charge is -2.14. The molecule has 24 heavy (non-hydrogen) atoms. The summed E-state index contributed by atoms with van der Waals surface area (Å²) in [5.74, 6) is 1.57. The Morgan fingerprint density at radius 2 is 2.04 bits per heavy atom. The predicted molar refractivity (Wildman–Crippen MR) is 88.7 cm³/mol. The molecule has 0 spiro atoms. The number of aromatic amines is 1. The molecule has 3 aromatic rings. The van der Waals surface area contributed by atoms with Gasteiger partial charge in [0.25, 0.3) is 0 Å². The first-order chi connectivity index (χ1) is 11.8. The zero-order valence-corrected chi connectivity index (χ0v) is 13.5. The fourth-order valence-electron chi connectivity index (χ4n) is 2.59. The van der Waals surface area contributed by atoms with Crippen molar-refractivity contribution in [3.05, 3.63) is 65.0 Å². The maximum Gasteiger partial charge on any atom is 0.152 e. The summed E-state index contributed by atoms with van der Waals surface area (Å²) in [7, 11) is 0. The van der Waals surface area contributed by atoms with Gasteiger partial charge < -0.3 is 9.84 Å². The first kappa shape index (κ1) is 16.0. The molecule has 6 heteroatoms. The van der Waals surface area contributed by atoms with Gasteiger partial charge in [0.1, 0.15) is 18.1 Å². The average molecular weight is 323 g/mol. The van der Waals surface area contributed by atoms with Crippen molar-refractivity contribution in [2.45, 2.75) is 32.8 Å². The van der Waals surface area contributed by atoms with Gasteiger partial charge in [0.15, 0.2) is 5.82 Å². The van der Waals surface area contributed by atoms with Crippen molar-refractivity contribution in [2.75, 3.05) is 0 Å². The van der Waals surface area contributed by atoms with Gasteiger partial charge in [-0.3, -0.25) is 0 Å². The van der Waals surface area contributed by atoms with Crippen molar-refractivity contribution in [1.82, 2.24) is 20.6 Å². The molecule has 1 aromatic heterocycles. The summed E-state index contributed by atoms with van der Waals surface area (Å²) in [4.78, 5) is 0. The Kier molecular flexibility index (Phi) is 5.05. The highest BCUT2D eigenvalue weighted by molar-refractivity contribution is 5.43. The van der Waals surface area contributed by atoms with Crippen molar-refractivity contribution < 1.29 is 9.84 Å². The summed E-state index contributed by atoms with van der Waals surface area (Å²) in [6, 6.07) is 14.3. The molecular formula is C18H19N4O2. The highest BCUT2D eigenvalue weighted by Crippen LogP contribution is 2.29. The quantitative estimate of drug-likeness (QED) is 0.698. The fourth-order valence-corrected chi connectivity index (χ4v) is 2.59. The van der Waals surface area contributed by atoms with E-state index in [-0.39, 0.29) is 5.75 Å². The molecule has 6 nitrogen and oxygen atoms in total. The molecule has 0 aliphatic rings. The highest BCUT2D eigenvalue weighted by Gasteiger charge is 2.10. The molecule has 0 atom stereocenters. The lowest BCUT2D eigenvalue weighted by molar-refractivity contribution is 0.299. The number of aromatic hydroxyl groups is 1. The van der Waals surface area contributed by atoms with E-state index >= 15 is 0 Å². The number of rotatable bonds is 7. The van der Waals surface area contributed by atoms with E-state index in [4.69, 9.17) is 4.74 Å². The second-order valence-electron chi connectivity index (χ2n) is 5.50. The maximum atomic E-state index is 9.98. The number of aromatic nitrogens is 4. The molecule has 2 aromatic carbocycles. The number of benzene rings is 2. The van der Waals surface area contributed by atoms with Crippen LogP contribution in [0.2, 0.25) is 0 Å². The number of nitrogens with zero attached hydrogens (tertiary/aromatic N) is 3. The van der Waals surface area contributed by atoms with Crippen molar-refractivity contribution in [2.24, 2.45) is 0 Å². The fraction of sp³-hybridized carbons (Fsp3) is 0.278. The summed E-state index contributed by atoms with van der Waals surface area (Å²) in [5.41, 5.74) is 2.96. The Bertz CT molecular complexity index is 787. The van der Waals surface area contributed by atoms with Gasteiger partial charge in [0, 0.05) is 18.1 Å². The minimum Gasteiger partial charge on any atom is -0.507 e. The first-order valence-electron chi connectivity index (χ1n) is 7.92. The Morgan fingerprint density at radius 3 is 2.79 bits per heavy atom. The van der Waals surface area contributed by atoms with E-state index < -0.39 is 0 Å². The normalized spacial score (nSPS) is 10.7. The summed E-state index contributed by atoms with van der Waals surface area (Å²) in [6.07, 6.45) is 2.29.